The van der Waals surface area contributed by atoms with Crippen LogP contribution in [0.15, 0.2) is 18.2 Å². The molecule has 2 unspecified atom stereocenters. The molecule has 1 aliphatic rings. The molecule has 0 saturated carbocycles. The molecule has 2 atom stereocenters. The number of ether oxygens (including phenoxy) is 1. The molecule has 1 aromatic carbocycles. The van der Waals surface area contributed by atoms with E-state index in [1.807, 2.05) is 0 Å². The lowest BCUT2D eigenvalue weighted by Crippen LogP contribution is -2.21. The Bertz CT molecular complexity index is 383. The van der Waals surface area contributed by atoms with Crippen LogP contribution in [0.2, 0.25) is 0 Å². The fourth-order valence-corrected chi connectivity index (χ4v) is 2.72. The molecule has 2 rings (SSSR count). The predicted molar refractivity (Wildman–Crippen MR) is 75.7 cm³/mol. The van der Waals surface area contributed by atoms with Gasteiger partial charge >= 0.3 is 0 Å². The maximum Gasteiger partial charge on any atom is 0.0575 e. The van der Waals surface area contributed by atoms with Crippen LogP contribution in [-0.4, -0.2) is 12.7 Å². The second kappa shape index (κ2) is 6.35. The van der Waals surface area contributed by atoms with Gasteiger partial charge in [0.25, 0.3) is 0 Å². The van der Waals surface area contributed by atoms with E-state index in [4.69, 9.17) is 10.5 Å². The zero-order valence-electron chi connectivity index (χ0n) is 11.6. The van der Waals surface area contributed by atoms with Crippen LogP contribution in [0.1, 0.15) is 54.8 Å². The highest BCUT2D eigenvalue weighted by Crippen LogP contribution is 2.24. The first-order valence-electron chi connectivity index (χ1n) is 7.11. The lowest BCUT2D eigenvalue weighted by Gasteiger charge is -2.24. The van der Waals surface area contributed by atoms with Crippen LogP contribution >= 0.6 is 0 Å². The molecule has 0 radical (unpaired) electrons. The Balaban J connectivity index is 1.90. The predicted octanol–water partition coefficient (Wildman–Crippen LogP) is 3.65. The van der Waals surface area contributed by atoms with E-state index in [1.54, 1.807) is 0 Å². The van der Waals surface area contributed by atoms with Gasteiger partial charge < -0.3 is 10.5 Å². The molecule has 1 saturated heterocycles. The Morgan fingerprint density at radius 3 is 2.89 bits per heavy atom. The zero-order valence-corrected chi connectivity index (χ0v) is 11.6. The molecule has 2 N–H and O–H groups in total. The topological polar surface area (TPSA) is 35.2 Å². The van der Waals surface area contributed by atoms with E-state index >= 15 is 0 Å². The smallest absolute Gasteiger partial charge is 0.0575 e. The van der Waals surface area contributed by atoms with E-state index in [2.05, 4.69) is 32.0 Å². The van der Waals surface area contributed by atoms with Crippen molar-refractivity contribution in [3.05, 3.63) is 34.9 Å². The van der Waals surface area contributed by atoms with Crippen molar-refractivity contribution in [1.82, 2.24) is 0 Å². The van der Waals surface area contributed by atoms with Gasteiger partial charge in [0.2, 0.25) is 0 Å². The third kappa shape index (κ3) is 3.56. The summed E-state index contributed by atoms with van der Waals surface area (Å²) in [6.07, 6.45) is 6.29. The summed E-state index contributed by atoms with van der Waals surface area (Å²) in [6.45, 7) is 5.20. The number of aryl methyl sites for hydroxylation is 2. The summed E-state index contributed by atoms with van der Waals surface area (Å²) < 4.78 is 5.76. The monoisotopic (exact) mass is 247 g/mol. The summed E-state index contributed by atoms with van der Waals surface area (Å²) in [5, 5.41) is 0. The van der Waals surface area contributed by atoms with Gasteiger partial charge in [-0.15, -0.1) is 0 Å². The van der Waals surface area contributed by atoms with Gasteiger partial charge in [-0.05, 0) is 57.1 Å². The van der Waals surface area contributed by atoms with Crippen LogP contribution < -0.4 is 5.73 Å². The van der Waals surface area contributed by atoms with Gasteiger partial charge in [-0.3, -0.25) is 0 Å². The van der Waals surface area contributed by atoms with Crippen molar-refractivity contribution in [3.63, 3.8) is 0 Å². The molecule has 1 aromatic rings. The van der Waals surface area contributed by atoms with Crippen molar-refractivity contribution < 1.29 is 4.74 Å². The minimum atomic E-state index is 0.149. The molecule has 0 bridgehead atoms. The van der Waals surface area contributed by atoms with Crippen LogP contribution in [0.3, 0.4) is 0 Å². The van der Waals surface area contributed by atoms with E-state index < -0.39 is 0 Å². The average Bonchev–Trinajstić information content (AvgIpc) is 2.40. The lowest BCUT2D eigenvalue weighted by molar-refractivity contribution is 0.00911. The maximum absolute atomic E-state index is 6.33. The Labute approximate surface area is 111 Å². The first kappa shape index (κ1) is 13.6. The highest BCUT2D eigenvalue weighted by Gasteiger charge is 2.16. The minimum absolute atomic E-state index is 0.149. The summed E-state index contributed by atoms with van der Waals surface area (Å²) in [5.41, 5.74) is 10.2. The van der Waals surface area contributed by atoms with Gasteiger partial charge in [0.05, 0.1) is 6.10 Å². The molecule has 0 amide bonds. The van der Waals surface area contributed by atoms with Gasteiger partial charge in [-0.25, -0.2) is 0 Å². The van der Waals surface area contributed by atoms with Crippen LogP contribution in [-0.2, 0) is 4.74 Å². The Hall–Kier alpha value is -0.860. The molecule has 100 valence electrons. The Kier molecular flexibility index (Phi) is 4.79. The molecule has 2 heteroatoms. The number of rotatable bonds is 4. The standard InChI is InChI=1S/C16H25NO/c1-12-6-7-13(2)15(11-12)16(17)9-8-14-5-3-4-10-18-14/h6-7,11,14,16H,3-5,8-10,17H2,1-2H3. The van der Waals surface area contributed by atoms with Crippen molar-refractivity contribution in [2.75, 3.05) is 6.61 Å². The largest absolute Gasteiger partial charge is 0.378 e. The average molecular weight is 247 g/mol. The van der Waals surface area contributed by atoms with Crippen molar-refractivity contribution in [3.8, 4) is 0 Å². The maximum atomic E-state index is 6.33. The second-order valence-electron chi connectivity index (χ2n) is 5.53. The van der Waals surface area contributed by atoms with Crippen molar-refractivity contribution in [2.24, 2.45) is 5.73 Å². The second-order valence-corrected chi connectivity index (χ2v) is 5.53. The minimum Gasteiger partial charge on any atom is -0.378 e. The normalized spacial score (nSPS) is 21.8. The van der Waals surface area contributed by atoms with E-state index in [0.29, 0.717) is 6.10 Å². The van der Waals surface area contributed by atoms with E-state index in [9.17, 15) is 0 Å². The summed E-state index contributed by atoms with van der Waals surface area (Å²) in [4.78, 5) is 0. The molecule has 1 heterocycles. The van der Waals surface area contributed by atoms with Gasteiger partial charge in [0.15, 0.2) is 0 Å². The molecule has 0 spiro atoms. The number of hydrogen-bond donors (Lipinski definition) is 1. The molecule has 0 aliphatic carbocycles. The van der Waals surface area contributed by atoms with Crippen molar-refractivity contribution in [1.29, 1.82) is 0 Å². The Morgan fingerprint density at radius 1 is 1.33 bits per heavy atom. The lowest BCUT2D eigenvalue weighted by atomic mass is 9.94. The summed E-state index contributed by atoms with van der Waals surface area (Å²) >= 11 is 0. The zero-order chi connectivity index (χ0) is 13.0. The number of hydrogen-bond acceptors (Lipinski definition) is 2. The fraction of sp³-hybridized carbons (Fsp3) is 0.625. The van der Waals surface area contributed by atoms with E-state index in [1.165, 1.54) is 36.0 Å². The highest BCUT2D eigenvalue weighted by molar-refractivity contribution is 5.32. The summed E-state index contributed by atoms with van der Waals surface area (Å²) in [6, 6.07) is 6.69. The number of nitrogens with two attached hydrogens (primary N) is 1. The molecule has 18 heavy (non-hydrogen) atoms. The van der Waals surface area contributed by atoms with Crippen LogP contribution in [0, 0.1) is 13.8 Å². The molecule has 1 aliphatic heterocycles. The van der Waals surface area contributed by atoms with Crippen LogP contribution in [0.25, 0.3) is 0 Å². The van der Waals surface area contributed by atoms with Gasteiger partial charge in [-0.1, -0.05) is 23.8 Å². The van der Waals surface area contributed by atoms with Gasteiger partial charge in [0, 0.05) is 12.6 Å². The quantitative estimate of drug-likeness (QED) is 0.881. The summed E-state index contributed by atoms with van der Waals surface area (Å²) in [7, 11) is 0. The van der Waals surface area contributed by atoms with Gasteiger partial charge in [0.1, 0.15) is 0 Å². The van der Waals surface area contributed by atoms with Crippen molar-refractivity contribution >= 4 is 0 Å². The van der Waals surface area contributed by atoms with Crippen LogP contribution in [0.5, 0.6) is 0 Å². The van der Waals surface area contributed by atoms with E-state index in [-0.39, 0.29) is 6.04 Å². The number of benzene rings is 1. The third-order valence-electron chi connectivity index (χ3n) is 3.91. The SMILES string of the molecule is Cc1ccc(C)c(C(N)CCC2CCCCO2)c1. The first-order chi connectivity index (χ1) is 8.66. The molecular weight excluding hydrogens is 222 g/mol. The molecular formula is C16H25NO. The van der Waals surface area contributed by atoms with Crippen molar-refractivity contribution in [2.45, 2.75) is 58.1 Å². The molecule has 2 nitrogen and oxygen atoms in total. The van der Waals surface area contributed by atoms with E-state index in [0.717, 1.165) is 19.4 Å². The Morgan fingerprint density at radius 2 is 2.17 bits per heavy atom. The first-order valence-corrected chi connectivity index (χ1v) is 7.11. The summed E-state index contributed by atoms with van der Waals surface area (Å²) in [5.74, 6) is 0. The molecule has 1 fully saturated rings. The highest BCUT2D eigenvalue weighted by atomic mass is 16.5. The third-order valence-corrected chi connectivity index (χ3v) is 3.91. The fourth-order valence-electron chi connectivity index (χ4n) is 2.72. The van der Waals surface area contributed by atoms with Gasteiger partial charge in [-0.2, -0.15) is 0 Å². The molecule has 0 aromatic heterocycles. The van der Waals surface area contributed by atoms with Crippen LogP contribution in [0.4, 0.5) is 0 Å².